The Kier molecular flexibility index (Phi) is 4.56. The fraction of sp³-hybridized carbons (Fsp3) is 0.588. The highest BCUT2D eigenvalue weighted by Crippen LogP contribution is 2.34. The van der Waals surface area contributed by atoms with Gasteiger partial charge in [0.2, 0.25) is 5.91 Å². The van der Waals surface area contributed by atoms with Gasteiger partial charge < -0.3 is 15.8 Å². The molecule has 4 heteroatoms. The zero-order valence-corrected chi connectivity index (χ0v) is 12.3. The Balaban J connectivity index is 1.57. The first-order chi connectivity index (χ1) is 10.3. The number of carbonyl (C=O) groups is 1. The van der Waals surface area contributed by atoms with E-state index in [4.69, 9.17) is 10.5 Å². The number of hydrogen-bond acceptors (Lipinski definition) is 3. The lowest BCUT2D eigenvalue weighted by molar-refractivity contribution is -0.132. The van der Waals surface area contributed by atoms with Gasteiger partial charge in [0, 0.05) is 12.6 Å². The van der Waals surface area contributed by atoms with E-state index in [9.17, 15) is 4.79 Å². The van der Waals surface area contributed by atoms with Gasteiger partial charge in [-0.2, -0.15) is 0 Å². The van der Waals surface area contributed by atoms with E-state index >= 15 is 0 Å². The lowest BCUT2D eigenvalue weighted by Gasteiger charge is -2.21. The average molecular weight is 288 g/mol. The van der Waals surface area contributed by atoms with E-state index in [1.54, 1.807) is 0 Å². The van der Waals surface area contributed by atoms with Crippen molar-refractivity contribution < 1.29 is 9.53 Å². The lowest BCUT2D eigenvalue weighted by Crippen LogP contribution is -2.44. The SMILES string of the molecule is NC[C@H]1CC[C@@H](C(=O)NC(Cc2ccccc2)C2CC2)O1. The summed E-state index contributed by atoms with van der Waals surface area (Å²) in [6, 6.07) is 10.6. The van der Waals surface area contributed by atoms with E-state index in [0.717, 1.165) is 19.3 Å². The number of amides is 1. The highest BCUT2D eigenvalue weighted by Gasteiger charge is 2.36. The van der Waals surface area contributed by atoms with Crippen LogP contribution in [0, 0.1) is 5.92 Å². The third kappa shape index (κ3) is 3.83. The maximum absolute atomic E-state index is 12.4. The third-order valence-corrected chi connectivity index (χ3v) is 4.48. The zero-order valence-electron chi connectivity index (χ0n) is 12.3. The van der Waals surface area contributed by atoms with Crippen molar-refractivity contribution in [1.29, 1.82) is 0 Å². The molecule has 0 bridgehead atoms. The summed E-state index contributed by atoms with van der Waals surface area (Å²) < 4.78 is 5.69. The number of hydrogen-bond donors (Lipinski definition) is 2. The summed E-state index contributed by atoms with van der Waals surface area (Å²) in [7, 11) is 0. The van der Waals surface area contributed by atoms with Crippen molar-refractivity contribution in [2.24, 2.45) is 11.7 Å². The maximum atomic E-state index is 12.4. The Bertz CT molecular complexity index is 473. The number of carbonyl (C=O) groups excluding carboxylic acids is 1. The summed E-state index contributed by atoms with van der Waals surface area (Å²) in [5.41, 5.74) is 6.88. The number of rotatable bonds is 6. The Morgan fingerprint density at radius 2 is 2.00 bits per heavy atom. The molecule has 1 aromatic carbocycles. The minimum absolute atomic E-state index is 0.0405. The van der Waals surface area contributed by atoms with Gasteiger partial charge in [-0.1, -0.05) is 30.3 Å². The molecule has 1 saturated carbocycles. The Hall–Kier alpha value is -1.39. The van der Waals surface area contributed by atoms with Crippen molar-refractivity contribution in [3.05, 3.63) is 35.9 Å². The van der Waals surface area contributed by atoms with Crippen molar-refractivity contribution in [1.82, 2.24) is 5.32 Å². The maximum Gasteiger partial charge on any atom is 0.249 e. The fourth-order valence-electron chi connectivity index (χ4n) is 3.05. The topological polar surface area (TPSA) is 64.4 Å². The van der Waals surface area contributed by atoms with Crippen LogP contribution in [0.5, 0.6) is 0 Å². The Morgan fingerprint density at radius 3 is 2.62 bits per heavy atom. The molecule has 2 aliphatic rings. The third-order valence-electron chi connectivity index (χ3n) is 4.48. The predicted molar refractivity (Wildman–Crippen MR) is 81.8 cm³/mol. The second-order valence-electron chi connectivity index (χ2n) is 6.20. The van der Waals surface area contributed by atoms with Crippen molar-refractivity contribution >= 4 is 5.91 Å². The summed E-state index contributed by atoms with van der Waals surface area (Å²) in [5, 5.41) is 3.21. The molecule has 2 fully saturated rings. The lowest BCUT2D eigenvalue weighted by atomic mass is 10.0. The predicted octanol–water partition coefficient (Wildman–Crippen LogP) is 1.63. The van der Waals surface area contributed by atoms with Crippen LogP contribution in [0.3, 0.4) is 0 Å². The fourth-order valence-corrected chi connectivity index (χ4v) is 3.05. The molecule has 1 saturated heterocycles. The second kappa shape index (κ2) is 6.58. The van der Waals surface area contributed by atoms with Crippen LogP contribution in [-0.4, -0.2) is 30.7 Å². The molecule has 1 amide bonds. The van der Waals surface area contributed by atoms with Gasteiger partial charge >= 0.3 is 0 Å². The molecule has 21 heavy (non-hydrogen) atoms. The molecule has 1 aromatic rings. The van der Waals surface area contributed by atoms with Crippen LogP contribution >= 0.6 is 0 Å². The van der Waals surface area contributed by atoms with Crippen molar-refractivity contribution in [3.63, 3.8) is 0 Å². The van der Waals surface area contributed by atoms with E-state index in [1.165, 1.54) is 18.4 Å². The molecule has 1 unspecified atom stereocenters. The Labute approximate surface area is 126 Å². The molecule has 0 spiro atoms. The van der Waals surface area contributed by atoms with Crippen LogP contribution in [0.1, 0.15) is 31.2 Å². The normalized spacial score (nSPS) is 26.5. The van der Waals surface area contributed by atoms with Gasteiger partial charge in [-0.15, -0.1) is 0 Å². The van der Waals surface area contributed by atoms with Crippen LogP contribution in [0.25, 0.3) is 0 Å². The molecule has 3 N–H and O–H groups in total. The molecule has 0 radical (unpaired) electrons. The van der Waals surface area contributed by atoms with Gasteiger partial charge in [0.1, 0.15) is 6.10 Å². The van der Waals surface area contributed by atoms with Gasteiger partial charge in [0.05, 0.1) is 6.10 Å². The molecule has 3 rings (SSSR count). The van der Waals surface area contributed by atoms with Crippen molar-refractivity contribution in [3.8, 4) is 0 Å². The summed E-state index contributed by atoms with van der Waals surface area (Å²) in [4.78, 5) is 12.4. The van der Waals surface area contributed by atoms with Crippen LogP contribution in [0.15, 0.2) is 30.3 Å². The minimum atomic E-state index is -0.310. The molecular weight excluding hydrogens is 264 g/mol. The molecule has 0 aromatic heterocycles. The van der Waals surface area contributed by atoms with Gasteiger partial charge in [-0.25, -0.2) is 0 Å². The number of nitrogens with one attached hydrogen (secondary N) is 1. The molecule has 1 aliphatic heterocycles. The molecule has 3 atom stereocenters. The average Bonchev–Trinajstić information content (AvgIpc) is 3.24. The number of ether oxygens (including phenoxy) is 1. The molecule has 1 heterocycles. The first-order valence-electron chi connectivity index (χ1n) is 7.96. The molecule has 4 nitrogen and oxygen atoms in total. The van der Waals surface area contributed by atoms with Gasteiger partial charge in [-0.3, -0.25) is 4.79 Å². The largest absolute Gasteiger partial charge is 0.364 e. The zero-order chi connectivity index (χ0) is 14.7. The van der Waals surface area contributed by atoms with Crippen LogP contribution in [0.4, 0.5) is 0 Å². The summed E-state index contributed by atoms with van der Waals surface area (Å²) in [6.45, 7) is 0.500. The summed E-state index contributed by atoms with van der Waals surface area (Å²) in [6.07, 6.45) is 4.76. The van der Waals surface area contributed by atoms with Gasteiger partial charge in [-0.05, 0) is 43.6 Å². The number of nitrogens with two attached hydrogens (primary N) is 1. The minimum Gasteiger partial charge on any atom is -0.364 e. The van der Waals surface area contributed by atoms with Crippen LogP contribution in [0.2, 0.25) is 0 Å². The highest BCUT2D eigenvalue weighted by atomic mass is 16.5. The highest BCUT2D eigenvalue weighted by molar-refractivity contribution is 5.81. The molecule has 114 valence electrons. The first kappa shape index (κ1) is 14.5. The smallest absolute Gasteiger partial charge is 0.249 e. The van der Waals surface area contributed by atoms with Crippen LogP contribution in [-0.2, 0) is 16.0 Å². The Morgan fingerprint density at radius 1 is 1.24 bits per heavy atom. The summed E-state index contributed by atoms with van der Waals surface area (Å²) >= 11 is 0. The monoisotopic (exact) mass is 288 g/mol. The van der Waals surface area contributed by atoms with Crippen molar-refractivity contribution in [2.75, 3.05) is 6.54 Å². The van der Waals surface area contributed by atoms with E-state index in [-0.39, 0.29) is 24.2 Å². The first-order valence-corrected chi connectivity index (χ1v) is 7.96. The van der Waals surface area contributed by atoms with E-state index in [0.29, 0.717) is 12.5 Å². The molecular formula is C17H24N2O2. The quantitative estimate of drug-likeness (QED) is 0.836. The van der Waals surface area contributed by atoms with Gasteiger partial charge in [0.15, 0.2) is 0 Å². The second-order valence-corrected chi connectivity index (χ2v) is 6.20. The standard InChI is InChI=1S/C17H24N2O2/c18-11-14-8-9-16(21-14)17(20)19-15(13-6-7-13)10-12-4-2-1-3-5-12/h1-5,13-16H,6-11,18H2,(H,19,20)/t14-,15?,16+/m1/s1. The molecule has 1 aliphatic carbocycles. The summed E-state index contributed by atoms with van der Waals surface area (Å²) in [5.74, 6) is 0.666. The van der Waals surface area contributed by atoms with Crippen molar-refractivity contribution in [2.45, 2.75) is 50.4 Å². The van der Waals surface area contributed by atoms with Crippen LogP contribution < -0.4 is 11.1 Å². The van der Waals surface area contributed by atoms with Gasteiger partial charge in [0.25, 0.3) is 0 Å². The number of benzene rings is 1. The van der Waals surface area contributed by atoms with E-state index in [2.05, 4.69) is 17.4 Å². The van der Waals surface area contributed by atoms with E-state index in [1.807, 2.05) is 18.2 Å². The van der Waals surface area contributed by atoms with E-state index < -0.39 is 0 Å².